The molecule has 0 aliphatic rings. The molecule has 0 bridgehead atoms. The molecule has 1 heterocycles. The molecular weight excluding hydrogens is 156 g/mol. The van der Waals surface area contributed by atoms with E-state index in [0.29, 0.717) is 12.4 Å². The Labute approximate surface area is 70.7 Å². The molecule has 0 unspecified atom stereocenters. The normalized spacial score (nSPS) is 9.75. The van der Waals surface area contributed by atoms with Crippen LogP contribution in [0.5, 0.6) is 0 Å². The monoisotopic (exact) mass is 168 g/mol. The Hall–Kier alpha value is -1.45. The molecule has 0 aliphatic heterocycles. The highest BCUT2D eigenvalue weighted by Gasteiger charge is 2.06. The predicted octanol–water partition coefficient (Wildman–Crippen LogP) is 0.703. The molecule has 0 spiro atoms. The Bertz CT molecular complexity index is 268. The molecule has 1 rings (SSSR count). The van der Waals surface area contributed by atoms with E-state index in [0.717, 1.165) is 5.56 Å². The molecule has 0 saturated heterocycles. The molecule has 12 heavy (non-hydrogen) atoms. The first kappa shape index (κ1) is 8.64. The van der Waals surface area contributed by atoms with Crippen LogP contribution in [0.3, 0.4) is 0 Å². The van der Waals surface area contributed by atoms with Crippen molar-refractivity contribution in [3.8, 4) is 0 Å². The van der Waals surface area contributed by atoms with E-state index >= 15 is 0 Å². The molecule has 0 fully saturated rings. The topological polar surface area (TPSA) is 68.1 Å². The van der Waals surface area contributed by atoms with E-state index in [4.69, 9.17) is 10.5 Å². The van der Waals surface area contributed by atoms with Crippen molar-refractivity contribution in [3.63, 3.8) is 0 Å². The number of aromatic nitrogens is 1. The van der Waals surface area contributed by atoms with Gasteiger partial charge in [0.15, 0.2) is 0 Å². The van der Waals surface area contributed by atoms with Gasteiger partial charge in [-0.3, -0.25) is 4.79 Å². The smallest absolute Gasteiger partial charge is 0.310 e. The average Bonchev–Trinajstić information content (AvgIpc) is 2.37. The van der Waals surface area contributed by atoms with Gasteiger partial charge in [0.1, 0.15) is 5.82 Å². The predicted molar refractivity (Wildman–Crippen MR) is 45.5 cm³/mol. The zero-order chi connectivity index (χ0) is 8.97. The standard InChI is InChI=1S/C8H12N2O2/c1-2-12-7(11)5-6-3-4-10-8(6)9/h3-4,10H,2,5,9H2,1H3. The van der Waals surface area contributed by atoms with Crippen molar-refractivity contribution in [2.75, 3.05) is 12.3 Å². The lowest BCUT2D eigenvalue weighted by atomic mass is 10.2. The number of carbonyl (C=O) groups is 1. The number of esters is 1. The quantitative estimate of drug-likeness (QED) is 0.653. The van der Waals surface area contributed by atoms with Crippen molar-refractivity contribution < 1.29 is 9.53 Å². The molecule has 0 radical (unpaired) electrons. The average molecular weight is 168 g/mol. The molecule has 66 valence electrons. The number of anilines is 1. The zero-order valence-electron chi connectivity index (χ0n) is 6.96. The van der Waals surface area contributed by atoms with Crippen LogP contribution >= 0.6 is 0 Å². The highest BCUT2D eigenvalue weighted by atomic mass is 16.5. The van der Waals surface area contributed by atoms with E-state index in [9.17, 15) is 4.79 Å². The molecule has 0 aliphatic carbocycles. The fourth-order valence-corrected chi connectivity index (χ4v) is 0.936. The van der Waals surface area contributed by atoms with Crippen LogP contribution in [-0.4, -0.2) is 17.6 Å². The first-order chi connectivity index (χ1) is 5.74. The van der Waals surface area contributed by atoms with Crippen LogP contribution in [0.25, 0.3) is 0 Å². The van der Waals surface area contributed by atoms with Crippen LogP contribution in [0, 0.1) is 0 Å². The highest BCUT2D eigenvalue weighted by molar-refractivity contribution is 5.74. The minimum atomic E-state index is -0.246. The van der Waals surface area contributed by atoms with Crippen LogP contribution in [0.4, 0.5) is 5.82 Å². The molecular formula is C8H12N2O2. The van der Waals surface area contributed by atoms with Crippen LogP contribution in [-0.2, 0) is 16.0 Å². The SMILES string of the molecule is CCOC(=O)Cc1cc[nH]c1N. The molecule has 4 heteroatoms. The Morgan fingerprint density at radius 3 is 3.00 bits per heavy atom. The van der Waals surface area contributed by atoms with E-state index in [-0.39, 0.29) is 12.4 Å². The summed E-state index contributed by atoms with van der Waals surface area (Å²) in [6.07, 6.45) is 1.94. The molecule has 0 amide bonds. The third kappa shape index (κ3) is 2.02. The summed E-state index contributed by atoms with van der Waals surface area (Å²) < 4.78 is 4.76. The molecule has 1 aromatic rings. The minimum Gasteiger partial charge on any atom is -0.466 e. The number of hydrogen-bond donors (Lipinski definition) is 2. The number of nitrogens with one attached hydrogen (secondary N) is 1. The highest BCUT2D eigenvalue weighted by Crippen LogP contribution is 2.09. The van der Waals surface area contributed by atoms with E-state index in [1.165, 1.54) is 0 Å². The summed E-state index contributed by atoms with van der Waals surface area (Å²) >= 11 is 0. The minimum absolute atomic E-state index is 0.239. The summed E-state index contributed by atoms with van der Waals surface area (Å²) in [5.74, 6) is 0.284. The van der Waals surface area contributed by atoms with Crippen LogP contribution in [0.2, 0.25) is 0 Å². The lowest BCUT2D eigenvalue weighted by Gasteiger charge is -1.99. The van der Waals surface area contributed by atoms with Crippen LogP contribution in [0.1, 0.15) is 12.5 Å². The third-order valence-corrected chi connectivity index (χ3v) is 1.51. The van der Waals surface area contributed by atoms with E-state index in [1.807, 2.05) is 0 Å². The summed E-state index contributed by atoms with van der Waals surface area (Å²) in [6.45, 7) is 2.18. The number of rotatable bonds is 3. The Morgan fingerprint density at radius 2 is 2.50 bits per heavy atom. The van der Waals surface area contributed by atoms with E-state index in [1.54, 1.807) is 19.2 Å². The van der Waals surface area contributed by atoms with Crippen molar-refractivity contribution in [1.29, 1.82) is 0 Å². The second kappa shape index (κ2) is 3.80. The fourth-order valence-electron chi connectivity index (χ4n) is 0.936. The van der Waals surface area contributed by atoms with Gasteiger partial charge in [0.2, 0.25) is 0 Å². The zero-order valence-corrected chi connectivity index (χ0v) is 6.96. The first-order valence-electron chi connectivity index (χ1n) is 3.81. The second-order valence-corrected chi connectivity index (χ2v) is 2.40. The molecule has 1 aromatic heterocycles. The number of ether oxygens (including phenoxy) is 1. The molecule has 0 aromatic carbocycles. The van der Waals surface area contributed by atoms with Crippen molar-refractivity contribution in [3.05, 3.63) is 17.8 Å². The summed E-state index contributed by atoms with van der Waals surface area (Å²) in [4.78, 5) is 13.8. The van der Waals surface area contributed by atoms with Gasteiger partial charge in [-0.05, 0) is 13.0 Å². The van der Waals surface area contributed by atoms with Gasteiger partial charge in [0.25, 0.3) is 0 Å². The summed E-state index contributed by atoms with van der Waals surface area (Å²) in [5, 5.41) is 0. The number of hydrogen-bond acceptors (Lipinski definition) is 3. The summed E-state index contributed by atoms with van der Waals surface area (Å²) in [6, 6.07) is 1.77. The Morgan fingerprint density at radius 1 is 1.75 bits per heavy atom. The first-order valence-corrected chi connectivity index (χ1v) is 3.81. The van der Waals surface area contributed by atoms with Crippen molar-refractivity contribution in [2.45, 2.75) is 13.3 Å². The number of H-pyrrole nitrogens is 1. The maximum absolute atomic E-state index is 11.0. The number of nitrogen functional groups attached to an aromatic ring is 1. The number of aromatic amines is 1. The second-order valence-electron chi connectivity index (χ2n) is 2.40. The van der Waals surface area contributed by atoms with E-state index < -0.39 is 0 Å². The van der Waals surface area contributed by atoms with Gasteiger partial charge >= 0.3 is 5.97 Å². The van der Waals surface area contributed by atoms with Crippen molar-refractivity contribution >= 4 is 11.8 Å². The van der Waals surface area contributed by atoms with Crippen molar-refractivity contribution in [1.82, 2.24) is 4.98 Å². The van der Waals surface area contributed by atoms with Gasteiger partial charge in [-0.25, -0.2) is 0 Å². The Kier molecular flexibility index (Phi) is 2.74. The fraction of sp³-hybridized carbons (Fsp3) is 0.375. The van der Waals surface area contributed by atoms with Gasteiger partial charge in [0, 0.05) is 11.8 Å². The summed E-state index contributed by atoms with van der Waals surface area (Å²) in [7, 11) is 0. The lowest BCUT2D eigenvalue weighted by Crippen LogP contribution is -2.08. The van der Waals surface area contributed by atoms with Gasteiger partial charge in [-0.15, -0.1) is 0 Å². The number of nitrogens with two attached hydrogens (primary N) is 1. The van der Waals surface area contributed by atoms with Gasteiger partial charge in [-0.2, -0.15) is 0 Å². The van der Waals surface area contributed by atoms with Gasteiger partial charge < -0.3 is 15.5 Å². The van der Waals surface area contributed by atoms with Gasteiger partial charge in [-0.1, -0.05) is 0 Å². The maximum Gasteiger partial charge on any atom is 0.310 e. The molecule has 4 nitrogen and oxygen atoms in total. The van der Waals surface area contributed by atoms with Gasteiger partial charge in [0.05, 0.1) is 13.0 Å². The molecule has 0 atom stereocenters. The maximum atomic E-state index is 11.0. The van der Waals surface area contributed by atoms with E-state index in [2.05, 4.69) is 4.98 Å². The Balaban J connectivity index is 2.52. The number of carbonyl (C=O) groups excluding carboxylic acids is 1. The van der Waals surface area contributed by atoms with Crippen molar-refractivity contribution in [2.24, 2.45) is 0 Å². The largest absolute Gasteiger partial charge is 0.466 e. The third-order valence-electron chi connectivity index (χ3n) is 1.51. The summed E-state index contributed by atoms with van der Waals surface area (Å²) in [5.41, 5.74) is 6.31. The molecule has 0 saturated carbocycles. The van der Waals surface area contributed by atoms with Crippen LogP contribution < -0.4 is 5.73 Å². The van der Waals surface area contributed by atoms with Crippen LogP contribution in [0.15, 0.2) is 12.3 Å². The molecule has 3 N–H and O–H groups in total. The lowest BCUT2D eigenvalue weighted by molar-refractivity contribution is -0.142.